The van der Waals surface area contributed by atoms with Crippen molar-refractivity contribution >= 4 is 6.09 Å². The summed E-state index contributed by atoms with van der Waals surface area (Å²) in [7, 11) is 0. The van der Waals surface area contributed by atoms with Gasteiger partial charge in [0.15, 0.2) is 0 Å². The predicted molar refractivity (Wildman–Crippen MR) is 37.5 cm³/mol. The molecule has 0 aliphatic carbocycles. The van der Waals surface area contributed by atoms with Crippen molar-refractivity contribution in [3.63, 3.8) is 0 Å². The van der Waals surface area contributed by atoms with Crippen LogP contribution < -0.4 is 5.32 Å². The molecule has 1 atom stereocenters. The first-order valence-electron chi connectivity index (χ1n) is 3.28. The van der Waals surface area contributed by atoms with Crippen molar-refractivity contribution in [2.45, 2.75) is 25.8 Å². The van der Waals surface area contributed by atoms with Crippen LogP contribution in [0.15, 0.2) is 12.3 Å². The van der Waals surface area contributed by atoms with Crippen LogP contribution in [-0.2, 0) is 4.74 Å². The van der Waals surface area contributed by atoms with Gasteiger partial charge in [0.1, 0.15) is 5.76 Å². The van der Waals surface area contributed by atoms with Crippen molar-refractivity contribution in [2.24, 2.45) is 0 Å². The van der Waals surface area contributed by atoms with Gasteiger partial charge in [0, 0.05) is 0 Å². The van der Waals surface area contributed by atoms with Crippen LogP contribution in [0.5, 0.6) is 0 Å². The molecule has 56 valence electrons. The monoisotopic (exact) mass is 141 g/mol. The number of hydrogen-bond donors (Lipinski definition) is 1. The van der Waals surface area contributed by atoms with E-state index in [0.717, 1.165) is 6.42 Å². The second-order valence-corrected chi connectivity index (χ2v) is 2.62. The van der Waals surface area contributed by atoms with Crippen molar-refractivity contribution in [1.29, 1.82) is 0 Å². The number of carbonyl (C=O) groups is 1. The van der Waals surface area contributed by atoms with Crippen LogP contribution in [0, 0.1) is 0 Å². The number of carbonyl (C=O) groups excluding carboxylic acids is 1. The molecule has 0 aromatic carbocycles. The van der Waals surface area contributed by atoms with E-state index >= 15 is 0 Å². The van der Waals surface area contributed by atoms with Gasteiger partial charge >= 0.3 is 6.09 Å². The normalized spacial score (nSPS) is 31.8. The van der Waals surface area contributed by atoms with Gasteiger partial charge in [-0.15, -0.1) is 0 Å². The van der Waals surface area contributed by atoms with E-state index in [1.54, 1.807) is 0 Å². The molecule has 1 aliphatic rings. The Morgan fingerprint density at radius 3 is 2.60 bits per heavy atom. The lowest BCUT2D eigenvalue weighted by atomic mass is 9.98. The van der Waals surface area contributed by atoms with Gasteiger partial charge in [-0.25, -0.2) is 4.79 Å². The van der Waals surface area contributed by atoms with Gasteiger partial charge in [-0.1, -0.05) is 13.5 Å². The molecular formula is C7H11NO2. The molecule has 0 bridgehead atoms. The summed E-state index contributed by atoms with van der Waals surface area (Å²) in [4.78, 5) is 10.6. The van der Waals surface area contributed by atoms with E-state index in [9.17, 15) is 4.79 Å². The summed E-state index contributed by atoms with van der Waals surface area (Å²) < 4.78 is 4.72. The summed E-state index contributed by atoms with van der Waals surface area (Å²) in [6.45, 7) is 7.48. The van der Waals surface area contributed by atoms with Crippen molar-refractivity contribution < 1.29 is 9.53 Å². The van der Waals surface area contributed by atoms with E-state index in [-0.39, 0.29) is 5.54 Å². The number of ether oxygens (including phenoxy) is 1. The van der Waals surface area contributed by atoms with Crippen LogP contribution in [0.1, 0.15) is 20.3 Å². The molecular weight excluding hydrogens is 130 g/mol. The zero-order valence-electron chi connectivity index (χ0n) is 6.23. The Morgan fingerprint density at radius 2 is 2.40 bits per heavy atom. The molecule has 1 fully saturated rings. The van der Waals surface area contributed by atoms with Gasteiger partial charge in [0.05, 0.1) is 5.54 Å². The van der Waals surface area contributed by atoms with E-state index in [2.05, 4.69) is 11.9 Å². The summed E-state index contributed by atoms with van der Waals surface area (Å²) in [5.41, 5.74) is -0.350. The molecule has 1 saturated heterocycles. The summed E-state index contributed by atoms with van der Waals surface area (Å²) >= 11 is 0. The number of amides is 1. The number of hydrogen-bond acceptors (Lipinski definition) is 2. The van der Waals surface area contributed by atoms with Crippen molar-refractivity contribution in [2.75, 3.05) is 0 Å². The fourth-order valence-electron chi connectivity index (χ4n) is 0.831. The Labute approximate surface area is 60.1 Å². The first kappa shape index (κ1) is 7.12. The predicted octanol–water partition coefficient (Wildman–Crippen LogP) is 1.41. The highest BCUT2D eigenvalue weighted by Crippen LogP contribution is 2.25. The molecule has 1 aliphatic heterocycles. The quantitative estimate of drug-likeness (QED) is 0.599. The zero-order chi connectivity index (χ0) is 7.78. The average molecular weight is 141 g/mol. The van der Waals surface area contributed by atoms with Gasteiger partial charge in [0.25, 0.3) is 0 Å². The third-order valence-electron chi connectivity index (χ3n) is 1.92. The Balaban J connectivity index is 2.80. The standard InChI is InChI=1S/C7H11NO2/c1-4-7(3)5(2)10-6(9)8-7/h2,4H2,1,3H3,(H,8,9). The van der Waals surface area contributed by atoms with Crippen molar-refractivity contribution in [3.8, 4) is 0 Å². The fraction of sp³-hybridized carbons (Fsp3) is 0.571. The van der Waals surface area contributed by atoms with E-state index in [4.69, 9.17) is 4.74 Å². The third-order valence-corrected chi connectivity index (χ3v) is 1.92. The molecule has 3 nitrogen and oxygen atoms in total. The smallest absolute Gasteiger partial charge is 0.413 e. The van der Waals surface area contributed by atoms with Gasteiger partial charge in [0.2, 0.25) is 0 Å². The minimum absolute atomic E-state index is 0.350. The molecule has 1 amide bonds. The lowest BCUT2D eigenvalue weighted by Gasteiger charge is -2.18. The Hall–Kier alpha value is -0.990. The summed E-state index contributed by atoms with van der Waals surface area (Å²) in [5, 5.41) is 2.67. The number of nitrogens with one attached hydrogen (secondary N) is 1. The molecule has 0 aromatic rings. The first-order valence-corrected chi connectivity index (χ1v) is 3.28. The molecule has 1 unspecified atom stereocenters. The molecule has 1 N–H and O–H groups in total. The fourth-order valence-corrected chi connectivity index (χ4v) is 0.831. The maximum atomic E-state index is 10.6. The zero-order valence-corrected chi connectivity index (χ0v) is 6.23. The second-order valence-electron chi connectivity index (χ2n) is 2.62. The van der Waals surface area contributed by atoms with Crippen LogP contribution in [0.2, 0.25) is 0 Å². The minimum Gasteiger partial charge on any atom is -0.413 e. The number of cyclic esters (lactones) is 1. The summed E-state index contributed by atoms with van der Waals surface area (Å²) in [5.74, 6) is 0.514. The molecule has 10 heavy (non-hydrogen) atoms. The second kappa shape index (κ2) is 2.01. The topological polar surface area (TPSA) is 38.3 Å². The lowest BCUT2D eigenvalue weighted by molar-refractivity contribution is 0.195. The van der Waals surface area contributed by atoms with Gasteiger partial charge < -0.3 is 10.1 Å². The van der Waals surface area contributed by atoms with E-state index < -0.39 is 6.09 Å². The Kier molecular flexibility index (Phi) is 1.43. The first-order chi connectivity index (χ1) is 4.58. The van der Waals surface area contributed by atoms with E-state index in [1.807, 2.05) is 13.8 Å². The highest BCUT2D eigenvalue weighted by atomic mass is 16.6. The molecule has 0 radical (unpaired) electrons. The number of rotatable bonds is 1. The summed E-state index contributed by atoms with van der Waals surface area (Å²) in [6, 6.07) is 0. The summed E-state index contributed by atoms with van der Waals surface area (Å²) in [6.07, 6.45) is 0.409. The largest absolute Gasteiger partial charge is 0.413 e. The number of alkyl carbamates (subject to hydrolysis) is 1. The van der Waals surface area contributed by atoms with E-state index in [1.165, 1.54) is 0 Å². The van der Waals surface area contributed by atoms with Crippen LogP contribution in [0.3, 0.4) is 0 Å². The molecule has 0 spiro atoms. The highest BCUT2D eigenvalue weighted by molar-refractivity contribution is 5.73. The average Bonchev–Trinajstić information content (AvgIpc) is 2.09. The molecule has 1 heterocycles. The van der Waals surface area contributed by atoms with Crippen molar-refractivity contribution in [3.05, 3.63) is 12.3 Å². The highest BCUT2D eigenvalue weighted by Gasteiger charge is 2.37. The van der Waals surface area contributed by atoms with Crippen molar-refractivity contribution in [1.82, 2.24) is 5.32 Å². The lowest BCUT2D eigenvalue weighted by Crippen LogP contribution is -2.37. The molecule has 0 aromatic heterocycles. The van der Waals surface area contributed by atoms with Crippen LogP contribution in [0.25, 0.3) is 0 Å². The third kappa shape index (κ3) is 0.875. The Morgan fingerprint density at radius 1 is 1.80 bits per heavy atom. The maximum Gasteiger partial charge on any atom is 0.413 e. The molecule has 1 rings (SSSR count). The van der Waals surface area contributed by atoms with Crippen LogP contribution in [-0.4, -0.2) is 11.6 Å². The minimum atomic E-state index is -0.394. The SMILES string of the molecule is C=C1OC(=O)NC1(C)CC. The maximum absolute atomic E-state index is 10.6. The Bertz CT molecular complexity index is 188. The van der Waals surface area contributed by atoms with E-state index in [0.29, 0.717) is 5.76 Å². The van der Waals surface area contributed by atoms with Gasteiger partial charge in [-0.2, -0.15) is 0 Å². The van der Waals surface area contributed by atoms with Crippen LogP contribution >= 0.6 is 0 Å². The van der Waals surface area contributed by atoms with Crippen LogP contribution in [0.4, 0.5) is 4.79 Å². The molecule has 0 saturated carbocycles. The van der Waals surface area contributed by atoms with Gasteiger partial charge in [-0.3, -0.25) is 0 Å². The van der Waals surface area contributed by atoms with Gasteiger partial charge in [-0.05, 0) is 13.3 Å². The molecule has 3 heteroatoms.